The maximum atomic E-state index is 12.9. The summed E-state index contributed by atoms with van der Waals surface area (Å²) in [7, 11) is -3.69. The molecule has 1 aromatic carbocycles. The molecule has 3 aliphatic heterocycles. The molecule has 4 rings (SSSR count). The topological polar surface area (TPSA) is 102 Å². The van der Waals surface area contributed by atoms with Crippen molar-refractivity contribution in [3.8, 4) is 0 Å². The molecule has 8 nitrogen and oxygen atoms in total. The number of hydrogen-bond acceptors (Lipinski definition) is 7. The van der Waals surface area contributed by atoms with Crippen molar-refractivity contribution in [2.24, 2.45) is 5.92 Å². The number of amides is 2. The molecule has 3 heterocycles. The lowest BCUT2D eigenvalue weighted by molar-refractivity contribution is -0.188. The van der Waals surface area contributed by atoms with E-state index in [4.69, 9.17) is 9.47 Å². The van der Waals surface area contributed by atoms with Crippen molar-refractivity contribution in [1.82, 2.24) is 4.90 Å². The van der Waals surface area contributed by atoms with Gasteiger partial charge in [-0.1, -0.05) is 6.92 Å². The predicted octanol–water partition coefficient (Wildman–Crippen LogP) is 1.89. The van der Waals surface area contributed by atoms with Gasteiger partial charge in [0.2, 0.25) is 11.8 Å². The summed E-state index contributed by atoms with van der Waals surface area (Å²) in [5.74, 6) is -1.86. The number of piperidine rings is 1. The second-order valence-corrected chi connectivity index (χ2v) is 11.4. The first-order chi connectivity index (χ1) is 14.2. The van der Waals surface area contributed by atoms with Crippen LogP contribution in [0.1, 0.15) is 26.7 Å². The van der Waals surface area contributed by atoms with E-state index in [0.717, 1.165) is 4.90 Å². The van der Waals surface area contributed by atoms with Crippen LogP contribution in [0, 0.1) is 5.92 Å². The molecule has 1 N–H and O–H groups in total. The number of likely N-dealkylation sites (tertiary alicyclic amines) is 1. The van der Waals surface area contributed by atoms with Gasteiger partial charge in [0.25, 0.3) is 0 Å². The minimum atomic E-state index is -3.69. The highest BCUT2D eigenvalue weighted by molar-refractivity contribution is 8.01. The summed E-state index contributed by atoms with van der Waals surface area (Å²) in [4.78, 5) is 27.4. The van der Waals surface area contributed by atoms with E-state index in [0.29, 0.717) is 44.8 Å². The number of sulfone groups is 1. The molecule has 0 unspecified atom stereocenters. The van der Waals surface area contributed by atoms with E-state index >= 15 is 0 Å². The van der Waals surface area contributed by atoms with Crippen LogP contribution in [-0.2, 0) is 28.9 Å². The van der Waals surface area contributed by atoms with Crippen molar-refractivity contribution in [3.63, 3.8) is 0 Å². The van der Waals surface area contributed by atoms with E-state index in [-0.39, 0.29) is 27.7 Å². The third-order valence-electron chi connectivity index (χ3n) is 5.78. The first kappa shape index (κ1) is 21.6. The van der Waals surface area contributed by atoms with Gasteiger partial charge in [0, 0.05) is 36.7 Å². The van der Waals surface area contributed by atoms with Crippen LogP contribution >= 0.6 is 11.8 Å². The molecule has 164 valence electrons. The number of hydrogen-bond donors (Lipinski definition) is 1. The zero-order chi connectivity index (χ0) is 21.5. The van der Waals surface area contributed by atoms with E-state index in [1.807, 2.05) is 0 Å². The first-order valence-electron chi connectivity index (χ1n) is 10.1. The van der Waals surface area contributed by atoms with Crippen molar-refractivity contribution in [2.45, 2.75) is 47.5 Å². The predicted molar refractivity (Wildman–Crippen MR) is 112 cm³/mol. The smallest absolute Gasteiger partial charge is 0.237 e. The minimum Gasteiger partial charge on any atom is -0.347 e. The lowest BCUT2D eigenvalue weighted by Gasteiger charge is -2.38. The number of benzene rings is 1. The van der Waals surface area contributed by atoms with Gasteiger partial charge in [-0.2, -0.15) is 0 Å². The summed E-state index contributed by atoms with van der Waals surface area (Å²) in [6, 6.07) is 4.74. The summed E-state index contributed by atoms with van der Waals surface area (Å²) in [5, 5.41) is 2.53. The summed E-state index contributed by atoms with van der Waals surface area (Å²) < 4.78 is 37.2. The van der Waals surface area contributed by atoms with Gasteiger partial charge in [-0.3, -0.25) is 9.59 Å². The molecule has 2 saturated heterocycles. The number of thioether (sulfide) groups is 1. The molecular weight excluding hydrogens is 428 g/mol. The molecule has 3 aliphatic rings. The number of fused-ring (bicyclic) bond motifs is 1. The van der Waals surface area contributed by atoms with E-state index in [1.165, 1.54) is 17.8 Å². The van der Waals surface area contributed by atoms with Crippen LogP contribution in [0.3, 0.4) is 0 Å². The quantitative estimate of drug-likeness (QED) is 0.741. The second-order valence-electron chi connectivity index (χ2n) is 8.02. The van der Waals surface area contributed by atoms with Gasteiger partial charge in [-0.05, 0) is 25.1 Å². The number of carbonyl (C=O) groups excluding carboxylic acids is 2. The summed E-state index contributed by atoms with van der Waals surface area (Å²) in [6.45, 7) is 5.56. The maximum absolute atomic E-state index is 12.9. The van der Waals surface area contributed by atoms with Gasteiger partial charge in [0.05, 0.1) is 34.8 Å². The molecule has 1 spiro atoms. The Labute approximate surface area is 180 Å². The summed E-state index contributed by atoms with van der Waals surface area (Å²) >= 11 is 1.40. The SMILES string of the molecule is C[C@H](CS(=O)(=O)c1ccc2c(c1)NC(=O)[C@H](C)S2)C(=O)N1CCC2(CC1)OCCO2. The number of rotatable bonds is 4. The van der Waals surface area contributed by atoms with E-state index in [1.54, 1.807) is 30.9 Å². The van der Waals surface area contributed by atoms with E-state index in [9.17, 15) is 18.0 Å². The molecule has 0 aliphatic carbocycles. The molecule has 0 bridgehead atoms. The molecule has 2 atom stereocenters. The minimum absolute atomic E-state index is 0.113. The van der Waals surface area contributed by atoms with Crippen molar-refractivity contribution < 1.29 is 27.5 Å². The Morgan fingerprint density at radius 1 is 1.30 bits per heavy atom. The van der Waals surface area contributed by atoms with Crippen LogP contribution < -0.4 is 5.32 Å². The van der Waals surface area contributed by atoms with E-state index < -0.39 is 21.5 Å². The highest BCUT2D eigenvalue weighted by atomic mass is 32.2. The van der Waals surface area contributed by atoms with Crippen molar-refractivity contribution in [1.29, 1.82) is 0 Å². The number of nitrogens with one attached hydrogen (secondary N) is 1. The Hall–Kier alpha value is -1.62. The molecule has 0 radical (unpaired) electrons. The van der Waals surface area contributed by atoms with Gasteiger partial charge in [0.1, 0.15) is 0 Å². The van der Waals surface area contributed by atoms with Gasteiger partial charge in [-0.25, -0.2) is 8.42 Å². The molecule has 1 aromatic rings. The molecule has 0 saturated carbocycles. The fourth-order valence-corrected chi connectivity index (χ4v) is 6.54. The third-order valence-corrected chi connectivity index (χ3v) is 8.87. The van der Waals surface area contributed by atoms with Crippen molar-refractivity contribution >= 4 is 39.1 Å². The normalized spacial score (nSPS) is 24.4. The summed E-state index contributed by atoms with van der Waals surface area (Å²) in [5.41, 5.74) is 0.501. The van der Waals surface area contributed by atoms with Crippen LogP contribution in [0.15, 0.2) is 28.0 Å². The lowest BCUT2D eigenvalue weighted by atomic mass is 10.0. The van der Waals surface area contributed by atoms with Crippen LogP contribution in [0.5, 0.6) is 0 Å². The van der Waals surface area contributed by atoms with Gasteiger partial charge < -0.3 is 19.7 Å². The zero-order valence-electron chi connectivity index (χ0n) is 17.0. The Morgan fingerprint density at radius 2 is 1.97 bits per heavy atom. The second kappa shape index (κ2) is 8.14. The van der Waals surface area contributed by atoms with Gasteiger partial charge in [0.15, 0.2) is 15.6 Å². The van der Waals surface area contributed by atoms with Crippen LogP contribution in [-0.4, -0.2) is 68.2 Å². The Bertz CT molecular complexity index is 948. The molecule has 10 heteroatoms. The zero-order valence-corrected chi connectivity index (χ0v) is 18.7. The fourth-order valence-electron chi connectivity index (χ4n) is 4.04. The van der Waals surface area contributed by atoms with Gasteiger partial charge in [-0.15, -0.1) is 11.8 Å². The number of ether oxygens (including phenoxy) is 2. The Kier molecular flexibility index (Phi) is 5.86. The molecule has 30 heavy (non-hydrogen) atoms. The maximum Gasteiger partial charge on any atom is 0.237 e. The molecular formula is C20H26N2O6S2. The number of anilines is 1. The Morgan fingerprint density at radius 3 is 2.63 bits per heavy atom. The van der Waals surface area contributed by atoms with E-state index in [2.05, 4.69) is 5.32 Å². The standard InChI is InChI=1S/C20H26N2O6S2/c1-13(19(24)22-7-5-20(6-8-22)27-9-10-28-20)12-30(25,26)15-3-4-17-16(11-15)21-18(23)14(2)29-17/h3-4,11,13-14H,5-10,12H2,1-2H3,(H,21,23)/t13-,14+/m1/s1. The average Bonchev–Trinajstić information content (AvgIpc) is 3.16. The largest absolute Gasteiger partial charge is 0.347 e. The van der Waals surface area contributed by atoms with Crippen LogP contribution in [0.25, 0.3) is 0 Å². The first-order valence-corrected chi connectivity index (χ1v) is 12.6. The van der Waals surface area contributed by atoms with Crippen molar-refractivity contribution in [3.05, 3.63) is 18.2 Å². The third kappa shape index (κ3) is 4.23. The number of nitrogens with zero attached hydrogens (tertiary/aromatic N) is 1. The fraction of sp³-hybridized carbons (Fsp3) is 0.600. The molecule has 0 aromatic heterocycles. The van der Waals surface area contributed by atoms with Crippen molar-refractivity contribution in [2.75, 3.05) is 37.4 Å². The highest BCUT2D eigenvalue weighted by Gasteiger charge is 2.41. The monoisotopic (exact) mass is 454 g/mol. The Balaban J connectivity index is 1.41. The van der Waals surface area contributed by atoms with Crippen LogP contribution in [0.4, 0.5) is 5.69 Å². The van der Waals surface area contributed by atoms with Crippen LogP contribution in [0.2, 0.25) is 0 Å². The average molecular weight is 455 g/mol. The summed E-state index contributed by atoms with van der Waals surface area (Å²) in [6.07, 6.45) is 1.19. The molecule has 2 fully saturated rings. The van der Waals surface area contributed by atoms with Gasteiger partial charge >= 0.3 is 0 Å². The lowest BCUT2D eigenvalue weighted by Crippen LogP contribution is -2.49. The number of carbonyl (C=O) groups is 2. The highest BCUT2D eigenvalue weighted by Crippen LogP contribution is 2.37. The molecule has 2 amide bonds.